The maximum Gasteiger partial charge on any atom is 0.434 e. The van der Waals surface area contributed by atoms with Gasteiger partial charge in [-0.05, 0) is 32.5 Å². The van der Waals surface area contributed by atoms with Gasteiger partial charge < -0.3 is 15.5 Å². The maximum atomic E-state index is 12.5. The van der Waals surface area contributed by atoms with Crippen LogP contribution < -0.4 is 10.6 Å². The van der Waals surface area contributed by atoms with E-state index in [1.807, 2.05) is 0 Å². The Morgan fingerprint density at radius 3 is 2.50 bits per heavy atom. The van der Waals surface area contributed by atoms with Crippen molar-refractivity contribution in [1.29, 1.82) is 0 Å². The molecule has 1 rings (SSSR count). The Bertz CT molecular complexity index is 498. The molecule has 0 spiro atoms. The van der Waals surface area contributed by atoms with Crippen molar-refractivity contribution in [1.82, 2.24) is 20.5 Å². The number of halogens is 3. The topological polar surface area (TPSA) is 52.5 Å². The van der Waals surface area contributed by atoms with Gasteiger partial charge in [0.2, 0.25) is 0 Å². The monoisotopic (exact) mass is 365 g/mol. The first-order chi connectivity index (χ1) is 11.4. The van der Waals surface area contributed by atoms with Gasteiger partial charge in [-0.15, -0.1) is 11.3 Å². The third-order valence-electron chi connectivity index (χ3n) is 3.56. The zero-order chi connectivity index (χ0) is 18.0. The first kappa shape index (κ1) is 20.7. The molecule has 1 heterocycles. The highest BCUT2D eigenvalue weighted by Gasteiger charge is 2.33. The van der Waals surface area contributed by atoms with Crippen LogP contribution in [-0.2, 0) is 12.7 Å². The Morgan fingerprint density at radius 1 is 1.25 bits per heavy atom. The lowest BCUT2D eigenvalue weighted by Gasteiger charge is -2.17. The van der Waals surface area contributed by atoms with Crippen LogP contribution in [0.3, 0.4) is 0 Å². The number of unbranched alkanes of at least 4 members (excludes halogenated alkanes) is 1. The molecule has 0 bridgehead atoms. The van der Waals surface area contributed by atoms with Crippen molar-refractivity contribution in [3.8, 4) is 0 Å². The molecular weight excluding hydrogens is 339 g/mol. The minimum Gasteiger partial charge on any atom is -0.356 e. The van der Waals surface area contributed by atoms with Crippen LogP contribution in [0, 0.1) is 0 Å². The van der Waals surface area contributed by atoms with Gasteiger partial charge in [-0.25, -0.2) is 4.98 Å². The number of guanidine groups is 1. The average Bonchev–Trinajstić information content (AvgIpc) is 3.03. The highest BCUT2D eigenvalue weighted by atomic mass is 32.1. The summed E-state index contributed by atoms with van der Waals surface area (Å²) in [6.45, 7) is 8.47. The summed E-state index contributed by atoms with van der Waals surface area (Å²) in [7, 11) is 1.63. The fourth-order valence-corrected chi connectivity index (χ4v) is 2.85. The lowest BCUT2D eigenvalue weighted by Crippen LogP contribution is -2.37. The van der Waals surface area contributed by atoms with Crippen LogP contribution in [-0.4, -0.2) is 49.1 Å². The quantitative estimate of drug-likeness (QED) is 0.401. The van der Waals surface area contributed by atoms with Gasteiger partial charge in [0, 0.05) is 19.0 Å². The van der Waals surface area contributed by atoms with Gasteiger partial charge >= 0.3 is 6.18 Å². The van der Waals surface area contributed by atoms with Crippen LogP contribution in [0.25, 0.3) is 0 Å². The first-order valence-corrected chi connectivity index (χ1v) is 8.97. The van der Waals surface area contributed by atoms with Crippen molar-refractivity contribution in [3.63, 3.8) is 0 Å². The molecule has 1 aromatic rings. The molecule has 9 heteroatoms. The summed E-state index contributed by atoms with van der Waals surface area (Å²) in [5, 5.41) is 7.55. The minimum atomic E-state index is -4.39. The van der Waals surface area contributed by atoms with Crippen LogP contribution in [0.5, 0.6) is 0 Å². The third-order valence-corrected chi connectivity index (χ3v) is 4.41. The second kappa shape index (κ2) is 10.5. The molecule has 0 aliphatic heterocycles. The molecule has 0 saturated carbocycles. The molecule has 0 saturated heterocycles. The molecule has 0 aliphatic carbocycles. The maximum absolute atomic E-state index is 12.5. The molecule has 138 valence electrons. The van der Waals surface area contributed by atoms with Crippen molar-refractivity contribution in [2.45, 2.75) is 39.4 Å². The van der Waals surface area contributed by atoms with Gasteiger partial charge in [0.1, 0.15) is 5.01 Å². The number of rotatable bonds is 9. The summed E-state index contributed by atoms with van der Waals surface area (Å²) < 4.78 is 37.5. The molecule has 24 heavy (non-hydrogen) atoms. The highest BCUT2D eigenvalue weighted by Crippen LogP contribution is 2.29. The van der Waals surface area contributed by atoms with Crippen LogP contribution in [0.2, 0.25) is 0 Å². The van der Waals surface area contributed by atoms with Gasteiger partial charge in [-0.2, -0.15) is 13.2 Å². The average molecular weight is 365 g/mol. The van der Waals surface area contributed by atoms with Crippen molar-refractivity contribution < 1.29 is 13.2 Å². The molecule has 5 nitrogen and oxygen atoms in total. The van der Waals surface area contributed by atoms with E-state index in [1.54, 1.807) is 7.05 Å². The first-order valence-electron chi connectivity index (χ1n) is 8.09. The Kier molecular flexibility index (Phi) is 9.05. The van der Waals surface area contributed by atoms with Gasteiger partial charge in [0.05, 0.1) is 6.54 Å². The lowest BCUT2D eigenvalue weighted by atomic mass is 10.3. The van der Waals surface area contributed by atoms with E-state index in [0.29, 0.717) is 11.0 Å². The number of aliphatic imine (C=N–C) groups is 1. The van der Waals surface area contributed by atoms with E-state index in [9.17, 15) is 13.2 Å². The number of hydrogen-bond acceptors (Lipinski definition) is 4. The van der Waals surface area contributed by atoms with Crippen molar-refractivity contribution in [2.75, 3.05) is 33.2 Å². The van der Waals surface area contributed by atoms with Crippen LogP contribution >= 0.6 is 11.3 Å². The van der Waals surface area contributed by atoms with Crippen LogP contribution in [0.4, 0.5) is 13.2 Å². The SMILES string of the molecule is CCN(CC)CCCCNC(=NC)NCc1nc(C(F)(F)F)cs1. The van der Waals surface area contributed by atoms with Gasteiger partial charge in [-0.1, -0.05) is 13.8 Å². The predicted octanol–water partition coefficient (Wildman–Crippen LogP) is 2.95. The smallest absolute Gasteiger partial charge is 0.356 e. The molecule has 0 aliphatic rings. The molecule has 1 aromatic heterocycles. The minimum absolute atomic E-state index is 0.222. The molecule has 0 atom stereocenters. The van der Waals surface area contributed by atoms with E-state index in [1.165, 1.54) is 0 Å². The molecule has 0 aromatic carbocycles. The fraction of sp³-hybridized carbons (Fsp3) is 0.733. The molecule has 2 N–H and O–H groups in total. The molecule has 0 fully saturated rings. The van der Waals surface area contributed by atoms with Gasteiger partial charge in [0.15, 0.2) is 11.7 Å². The normalized spacial score (nSPS) is 12.7. The summed E-state index contributed by atoms with van der Waals surface area (Å²) in [6.07, 6.45) is -2.29. The van der Waals surface area contributed by atoms with Crippen molar-refractivity contribution in [3.05, 3.63) is 16.1 Å². The second-order valence-electron chi connectivity index (χ2n) is 5.21. The van der Waals surface area contributed by atoms with Crippen LogP contribution in [0.1, 0.15) is 37.4 Å². The number of alkyl halides is 3. The molecule has 0 amide bonds. The van der Waals surface area contributed by atoms with E-state index in [-0.39, 0.29) is 6.54 Å². The van der Waals surface area contributed by atoms with Crippen molar-refractivity contribution in [2.24, 2.45) is 4.99 Å². The number of thiazole rings is 1. The highest BCUT2D eigenvalue weighted by molar-refractivity contribution is 7.09. The second-order valence-corrected chi connectivity index (χ2v) is 6.15. The molecule has 0 radical (unpaired) electrons. The van der Waals surface area contributed by atoms with Crippen LogP contribution in [0.15, 0.2) is 10.4 Å². The standard InChI is InChI=1S/C15H26F3N5S/c1-4-23(5-2)9-7-6-8-20-14(19-3)21-10-13-22-12(11-24-13)15(16,17)18/h11H,4-10H2,1-3H3,(H2,19,20,21). The van der Waals surface area contributed by atoms with E-state index in [0.717, 1.165) is 55.7 Å². The summed E-state index contributed by atoms with van der Waals surface area (Å²) in [6, 6.07) is 0. The fourth-order valence-electron chi connectivity index (χ4n) is 2.11. The Labute approximate surface area is 145 Å². The van der Waals surface area contributed by atoms with E-state index in [4.69, 9.17) is 0 Å². The number of aromatic nitrogens is 1. The van der Waals surface area contributed by atoms with Crippen molar-refractivity contribution >= 4 is 17.3 Å². The molecule has 0 unspecified atom stereocenters. The zero-order valence-electron chi connectivity index (χ0n) is 14.4. The summed E-state index contributed by atoms with van der Waals surface area (Å²) in [5.74, 6) is 0.571. The van der Waals surface area contributed by atoms with E-state index < -0.39 is 11.9 Å². The number of nitrogens with one attached hydrogen (secondary N) is 2. The summed E-state index contributed by atoms with van der Waals surface area (Å²) >= 11 is 0.987. The zero-order valence-corrected chi connectivity index (χ0v) is 15.2. The Balaban J connectivity index is 2.27. The number of hydrogen-bond donors (Lipinski definition) is 2. The Morgan fingerprint density at radius 2 is 1.96 bits per heavy atom. The van der Waals surface area contributed by atoms with E-state index >= 15 is 0 Å². The summed E-state index contributed by atoms with van der Waals surface area (Å²) in [5.41, 5.74) is -0.844. The van der Waals surface area contributed by atoms with Gasteiger partial charge in [0.25, 0.3) is 0 Å². The lowest BCUT2D eigenvalue weighted by molar-refractivity contribution is -0.140. The van der Waals surface area contributed by atoms with E-state index in [2.05, 4.69) is 39.4 Å². The number of nitrogens with zero attached hydrogens (tertiary/aromatic N) is 3. The largest absolute Gasteiger partial charge is 0.434 e. The molecular formula is C15H26F3N5S. The van der Waals surface area contributed by atoms with Gasteiger partial charge in [-0.3, -0.25) is 4.99 Å². The third kappa shape index (κ3) is 7.48. The predicted molar refractivity (Wildman–Crippen MR) is 92.3 cm³/mol. The summed E-state index contributed by atoms with van der Waals surface area (Å²) in [4.78, 5) is 10.0. The Hall–Kier alpha value is -1.35.